The van der Waals surface area contributed by atoms with Crippen LogP contribution in [-0.4, -0.2) is 19.6 Å². The molecule has 0 aliphatic heterocycles. The highest BCUT2D eigenvalue weighted by atomic mass is 16.5. The third-order valence-corrected chi connectivity index (χ3v) is 4.32. The molecular formula is C16H24N2O2. The molecule has 0 bridgehead atoms. The van der Waals surface area contributed by atoms with Crippen molar-refractivity contribution in [3.05, 3.63) is 23.8 Å². The Balaban J connectivity index is 2.00. The molecule has 2 atom stereocenters. The molecule has 1 saturated carbocycles. The normalized spacial score (nSPS) is 22.3. The first-order valence-corrected chi connectivity index (χ1v) is 7.33. The van der Waals surface area contributed by atoms with Gasteiger partial charge in [0.25, 0.3) is 0 Å². The molecule has 1 aromatic carbocycles. The lowest BCUT2D eigenvalue weighted by Gasteiger charge is -2.29. The highest BCUT2D eigenvalue weighted by Crippen LogP contribution is 2.30. The van der Waals surface area contributed by atoms with Gasteiger partial charge in [0.05, 0.1) is 12.7 Å². The molecule has 2 unspecified atom stereocenters. The summed E-state index contributed by atoms with van der Waals surface area (Å²) in [5.41, 5.74) is 7.60. The maximum Gasteiger partial charge on any atom is 0.340 e. The van der Waals surface area contributed by atoms with Crippen LogP contribution in [0.1, 0.15) is 43.0 Å². The van der Waals surface area contributed by atoms with Crippen LogP contribution in [0.4, 0.5) is 11.4 Å². The number of hydrogen-bond donors (Lipinski definition) is 2. The Hall–Kier alpha value is -1.71. The van der Waals surface area contributed by atoms with E-state index in [1.54, 1.807) is 12.1 Å². The molecule has 0 radical (unpaired) electrons. The summed E-state index contributed by atoms with van der Waals surface area (Å²) in [7, 11) is 1.37. The molecule has 0 aromatic heterocycles. The summed E-state index contributed by atoms with van der Waals surface area (Å²) >= 11 is 0. The van der Waals surface area contributed by atoms with Gasteiger partial charge in [0.15, 0.2) is 0 Å². The smallest absolute Gasteiger partial charge is 0.340 e. The number of ether oxygens (including phenoxy) is 1. The molecule has 2 rings (SSSR count). The van der Waals surface area contributed by atoms with Gasteiger partial charge in [-0.3, -0.25) is 0 Å². The van der Waals surface area contributed by atoms with Gasteiger partial charge in [-0.25, -0.2) is 4.79 Å². The topological polar surface area (TPSA) is 64.3 Å². The van der Waals surface area contributed by atoms with Crippen LogP contribution in [0.5, 0.6) is 0 Å². The molecule has 1 aromatic rings. The number of nitrogen functional groups attached to an aromatic ring is 1. The second kappa shape index (κ2) is 6.64. The number of carbonyl (C=O) groups excluding carboxylic acids is 1. The van der Waals surface area contributed by atoms with Crippen molar-refractivity contribution in [2.75, 3.05) is 24.7 Å². The Morgan fingerprint density at radius 1 is 1.40 bits per heavy atom. The Morgan fingerprint density at radius 3 is 2.85 bits per heavy atom. The average Bonchev–Trinajstić information content (AvgIpc) is 2.47. The van der Waals surface area contributed by atoms with Gasteiger partial charge in [0.2, 0.25) is 0 Å². The summed E-state index contributed by atoms with van der Waals surface area (Å²) in [6, 6.07) is 5.43. The van der Waals surface area contributed by atoms with E-state index in [1.807, 2.05) is 6.07 Å². The van der Waals surface area contributed by atoms with Gasteiger partial charge in [-0.2, -0.15) is 0 Å². The minimum absolute atomic E-state index is 0.391. The number of hydrogen-bond acceptors (Lipinski definition) is 4. The summed E-state index contributed by atoms with van der Waals surface area (Å²) in [4.78, 5) is 11.6. The van der Waals surface area contributed by atoms with E-state index in [0.29, 0.717) is 17.2 Å². The van der Waals surface area contributed by atoms with Crippen LogP contribution in [-0.2, 0) is 4.74 Å². The van der Waals surface area contributed by atoms with Crippen molar-refractivity contribution in [1.82, 2.24) is 0 Å². The van der Waals surface area contributed by atoms with Crippen LogP contribution in [0, 0.1) is 11.8 Å². The van der Waals surface area contributed by atoms with Crippen molar-refractivity contribution < 1.29 is 9.53 Å². The van der Waals surface area contributed by atoms with E-state index in [-0.39, 0.29) is 0 Å². The zero-order valence-corrected chi connectivity index (χ0v) is 12.3. The van der Waals surface area contributed by atoms with Crippen molar-refractivity contribution in [2.24, 2.45) is 11.8 Å². The molecule has 0 spiro atoms. The number of nitrogens with two attached hydrogens (primary N) is 1. The Labute approximate surface area is 120 Å². The van der Waals surface area contributed by atoms with E-state index in [0.717, 1.165) is 18.2 Å². The van der Waals surface area contributed by atoms with E-state index >= 15 is 0 Å². The van der Waals surface area contributed by atoms with E-state index in [9.17, 15) is 4.79 Å². The lowest BCUT2D eigenvalue weighted by Crippen LogP contribution is -2.24. The molecule has 0 heterocycles. The van der Waals surface area contributed by atoms with E-state index in [2.05, 4.69) is 12.2 Å². The van der Waals surface area contributed by atoms with Gasteiger partial charge in [-0.1, -0.05) is 26.2 Å². The Morgan fingerprint density at radius 2 is 2.15 bits per heavy atom. The molecule has 4 nitrogen and oxygen atoms in total. The number of benzene rings is 1. The zero-order chi connectivity index (χ0) is 14.5. The van der Waals surface area contributed by atoms with Gasteiger partial charge >= 0.3 is 5.97 Å². The molecule has 3 N–H and O–H groups in total. The molecule has 0 amide bonds. The standard InChI is InChI=1S/C16H24N2O2/c1-11-5-3-4-6-12(11)10-18-13-7-8-15(17)14(9-13)16(19)20-2/h7-9,11-12,18H,3-6,10,17H2,1-2H3. The summed E-state index contributed by atoms with van der Waals surface area (Å²) in [6.45, 7) is 3.28. The quantitative estimate of drug-likeness (QED) is 0.654. The minimum Gasteiger partial charge on any atom is -0.465 e. The van der Waals surface area contributed by atoms with Crippen molar-refractivity contribution >= 4 is 17.3 Å². The van der Waals surface area contributed by atoms with Crippen LogP contribution in [0.3, 0.4) is 0 Å². The fourth-order valence-electron chi connectivity index (χ4n) is 2.90. The van der Waals surface area contributed by atoms with Crippen LogP contribution >= 0.6 is 0 Å². The molecule has 1 aliphatic carbocycles. The van der Waals surface area contributed by atoms with Crippen LogP contribution < -0.4 is 11.1 Å². The third kappa shape index (κ3) is 3.44. The number of rotatable bonds is 4. The minimum atomic E-state index is -0.391. The first-order valence-electron chi connectivity index (χ1n) is 7.33. The monoisotopic (exact) mass is 276 g/mol. The van der Waals surface area contributed by atoms with E-state index in [1.165, 1.54) is 32.8 Å². The predicted octanol–water partition coefficient (Wildman–Crippen LogP) is 3.29. The summed E-state index contributed by atoms with van der Waals surface area (Å²) in [6.07, 6.45) is 5.28. The Kier molecular flexibility index (Phi) is 4.88. The molecule has 4 heteroatoms. The van der Waals surface area contributed by atoms with E-state index < -0.39 is 5.97 Å². The third-order valence-electron chi connectivity index (χ3n) is 4.32. The SMILES string of the molecule is COC(=O)c1cc(NCC2CCCCC2C)ccc1N. The first-order chi connectivity index (χ1) is 9.61. The van der Waals surface area contributed by atoms with Crippen molar-refractivity contribution in [3.63, 3.8) is 0 Å². The van der Waals surface area contributed by atoms with Gasteiger partial charge in [-0.05, 0) is 36.5 Å². The summed E-state index contributed by atoms with van der Waals surface area (Å²) in [5, 5.41) is 3.43. The van der Waals surface area contributed by atoms with Gasteiger partial charge in [0, 0.05) is 17.9 Å². The fraction of sp³-hybridized carbons (Fsp3) is 0.562. The highest BCUT2D eigenvalue weighted by molar-refractivity contribution is 5.96. The number of esters is 1. The number of nitrogens with one attached hydrogen (secondary N) is 1. The van der Waals surface area contributed by atoms with Gasteiger partial charge in [-0.15, -0.1) is 0 Å². The number of anilines is 2. The molecule has 110 valence electrons. The lowest BCUT2D eigenvalue weighted by molar-refractivity contribution is 0.0602. The van der Waals surface area contributed by atoms with Gasteiger partial charge < -0.3 is 15.8 Å². The highest BCUT2D eigenvalue weighted by Gasteiger charge is 2.21. The maximum atomic E-state index is 11.6. The van der Waals surface area contributed by atoms with Crippen molar-refractivity contribution in [2.45, 2.75) is 32.6 Å². The molecule has 0 saturated heterocycles. The first kappa shape index (κ1) is 14.7. The maximum absolute atomic E-state index is 11.6. The Bertz CT molecular complexity index is 474. The van der Waals surface area contributed by atoms with Crippen LogP contribution in [0.25, 0.3) is 0 Å². The average molecular weight is 276 g/mol. The molecular weight excluding hydrogens is 252 g/mol. The molecule has 20 heavy (non-hydrogen) atoms. The molecule has 1 fully saturated rings. The van der Waals surface area contributed by atoms with Gasteiger partial charge in [0.1, 0.15) is 0 Å². The summed E-state index contributed by atoms with van der Waals surface area (Å²) < 4.78 is 4.74. The second-order valence-electron chi connectivity index (χ2n) is 5.70. The fourth-order valence-corrected chi connectivity index (χ4v) is 2.90. The van der Waals surface area contributed by atoms with Crippen molar-refractivity contribution in [3.8, 4) is 0 Å². The predicted molar refractivity (Wildman–Crippen MR) is 81.8 cm³/mol. The number of methoxy groups -OCH3 is 1. The largest absolute Gasteiger partial charge is 0.465 e. The second-order valence-corrected chi connectivity index (χ2v) is 5.70. The van der Waals surface area contributed by atoms with E-state index in [4.69, 9.17) is 10.5 Å². The van der Waals surface area contributed by atoms with Crippen LogP contribution in [0.15, 0.2) is 18.2 Å². The lowest BCUT2D eigenvalue weighted by atomic mass is 9.80. The summed E-state index contributed by atoms with van der Waals surface area (Å²) in [5.74, 6) is 1.09. The zero-order valence-electron chi connectivity index (χ0n) is 12.3. The number of carbonyl (C=O) groups is 1. The van der Waals surface area contributed by atoms with Crippen LogP contribution in [0.2, 0.25) is 0 Å². The molecule has 1 aliphatic rings. The van der Waals surface area contributed by atoms with Crippen molar-refractivity contribution in [1.29, 1.82) is 0 Å².